The van der Waals surface area contributed by atoms with Crippen LogP contribution in [0.4, 0.5) is 0 Å². The number of carbonyl (C=O) groups excluding carboxylic acids is 1. The van der Waals surface area contributed by atoms with E-state index in [0.29, 0.717) is 17.5 Å². The molecule has 2 saturated carbocycles. The Morgan fingerprint density at radius 1 is 0.966 bits per heavy atom. The maximum Gasteiger partial charge on any atom is 0.264 e. The van der Waals surface area contributed by atoms with Gasteiger partial charge >= 0.3 is 0 Å². The predicted octanol–water partition coefficient (Wildman–Crippen LogP) is 4.31. The number of Topliss-reactive ketones (excluding diaryl/α,β-unsaturated/α-hetero) is 1. The maximum absolute atomic E-state index is 13.6. The molecular formula is C24H25NO3S. The van der Waals surface area contributed by atoms with Crippen molar-refractivity contribution in [3.05, 3.63) is 77.5 Å². The number of carbonyl (C=O) groups is 1. The van der Waals surface area contributed by atoms with Crippen molar-refractivity contribution in [1.29, 1.82) is 0 Å². The standard InChI is InChI=1S/C24H25NO3S/c1-16-7-11-20(12-8-16)29(27,28)25(15-17-5-3-2-4-6-17)22-14-21-18-9-10-19(13-18)23(21)24(22)26/h2-8,11-12,14,18-19,21,23H,9-10,13,15H2,1H3/t18-,19+,21+,23-/m0/s1. The van der Waals surface area contributed by atoms with Crippen LogP contribution in [0.3, 0.4) is 0 Å². The Balaban J connectivity index is 1.57. The number of sulfonamides is 1. The number of aryl methyl sites for hydroxylation is 1. The quantitative estimate of drug-likeness (QED) is 0.742. The molecule has 0 N–H and O–H groups in total. The lowest BCUT2D eigenvalue weighted by molar-refractivity contribution is -0.121. The Bertz CT molecular complexity index is 1070. The molecule has 0 aromatic heterocycles. The zero-order valence-electron chi connectivity index (χ0n) is 16.5. The van der Waals surface area contributed by atoms with Crippen molar-refractivity contribution in [1.82, 2.24) is 4.31 Å². The minimum absolute atomic E-state index is 0.0183. The molecule has 5 rings (SSSR count). The first-order chi connectivity index (χ1) is 13.9. The second-order valence-electron chi connectivity index (χ2n) is 8.66. The third kappa shape index (κ3) is 3.03. The first kappa shape index (κ1) is 18.6. The third-order valence-electron chi connectivity index (χ3n) is 6.93. The Labute approximate surface area is 172 Å². The normalized spacial score (nSPS) is 27.8. The van der Waals surface area contributed by atoms with E-state index >= 15 is 0 Å². The smallest absolute Gasteiger partial charge is 0.264 e. The van der Waals surface area contributed by atoms with Gasteiger partial charge < -0.3 is 0 Å². The van der Waals surface area contributed by atoms with Gasteiger partial charge in [-0.2, -0.15) is 0 Å². The second-order valence-corrected chi connectivity index (χ2v) is 10.5. The number of hydrogen-bond donors (Lipinski definition) is 0. The zero-order chi connectivity index (χ0) is 20.2. The van der Waals surface area contributed by atoms with Crippen LogP contribution >= 0.6 is 0 Å². The maximum atomic E-state index is 13.6. The zero-order valence-corrected chi connectivity index (χ0v) is 17.3. The predicted molar refractivity (Wildman–Crippen MR) is 111 cm³/mol. The summed E-state index contributed by atoms with van der Waals surface area (Å²) < 4.78 is 28.6. The number of nitrogens with zero attached hydrogens (tertiary/aromatic N) is 1. The number of hydrogen-bond acceptors (Lipinski definition) is 3. The van der Waals surface area contributed by atoms with E-state index < -0.39 is 10.0 Å². The van der Waals surface area contributed by atoms with Gasteiger partial charge in [0.2, 0.25) is 0 Å². The fraction of sp³-hybridized carbons (Fsp3) is 0.375. The molecule has 150 valence electrons. The largest absolute Gasteiger partial charge is 0.292 e. The van der Waals surface area contributed by atoms with E-state index in [1.165, 1.54) is 4.31 Å². The van der Waals surface area contributed by atoms with Crippen LogP contribution in [0.5, 0.6) is 0 Å². The van der Waals surface area contributed by atoms with Gasteiger partial charge in [-0.25, -0.2) is 8.42 Å². The molecule has 2 fully saturated rings. The summed E-state index contributed by atoms with van der Waals surface area (Å²) in [4.78, 5) is 13.6. The van der Waals surface area contributed by atoms with E-state index in [4.69, 9.17) is 0 Å². The molecule has 2 bridgehead atoms. The number of fused-ring (bicyclic) bond motifs is 5. The molecule has 2 aromatic carbocycles. The lowest BCUT2D eigenvalue weighted by atomic mass is 9.81. The highest BCUT2D eigenvalue weighted by atomic mass is 32.2. The summed E-state index contributed by atoms with van der Waals surface area (Å²) in [5.74, 6) is 1.17. The molecule has 3 aliphatic rings. The molecule has 0 heterocycles. The van der Waals surface area contributed by atoms with Crippen molar-refractivity contribution in [2.24, 2.45) is 23.7 Å². The monoisotopic (exact) mass is 407 g/mol. The molecule has 0 saturated heterocycles. The highest BCUT2D eigenvalue weighted by Gasteiger charge is 2.55. The van der Waals surface area contributed by atoms with Crippen LogP contribution in [0.1, 0.15) is 30.4 Å². The van der Waals surface area contributed by atoms with E-state index in [1.54, 1.807) is 24.3 Å². The highest BCUT2D eigenvalue weighted by Crippen LogP contribution is 2.57. The molecule has 0 aliphatic heterocycles. The van der Waals surface area contributed by atoms with Crippen LogP contribution in [-0.4, -0.2) is 18.5 Å². The molecule has 4 atom stereocenters. The Kier molecular flexibility index (Phi) is 4.39. The molecule has 0 radical (unpaired) electrons. The molecule has 0 spiro atoms. The molecule has 3 aliphatic carbocycles. The minimum atomic E-state index is -3.83. The number of allylic oxidation sites excluding steroid dienone is 2. The second kappa shape index (κ2) is 6.84. The van der Waals surface area contributed by atoms with Crippen LogP contribution in [0, 0.1) is 30.6 Å². The van der Waals surface area contributed by atoms with Gasteiger partial charge in [-0.1, -0.05) is 54.1 Å². The summed E-state index contributed by atoms with van der Waals surface area (Å²) in [5, 5.41) is 0. The van der Waals surface area contributed by atoms with Crippen molar-refractivity contribution in [2.45, 2.75) is 37.6 Å². The molecule has 0 unspecified atom stereocenters. The summed E-state index contributed by atoms with van der Waals surface area (Å²) in [6, 6.07) is 16.4. The fourth-order valence-corrected chi connectivity index (χ4v) is 6.96. The van der Waals surface area contributed by atoms with E-state index in [9.17, 15) is 13.2 Å². The lowest BCUT2D eigenvalue weighted by Gasteiger charge is -2.26. The summed E-state index contributed by atoms with van der Waals surface area (Å²) in [5.41, 5.74) is 2.25. The average molecular weight is 408 g/mol. The van der Waals surface area contributed by atoms with Gasteiger partial charge in [0.05, 0.1) is 17.1 Å². The number of rotatable bonds is 5. The van der Waals surface area contributed by atoms with Gasteiger partial charge in [0.25, 0.3) is 10.0 Å². The molecular weight excluding hydrogens is 382 g/mol. The van der Waals surface area contributed by atoms with Crippen molar-refractivity contribution in [2.75, 3.05) is 0 Å². The Morgan fingerprint density at radius 2 is 1.66 bits per heavy atom. The van der Waals surface area contributed by atoms with Crippen LogP contribution < -0.4 is 0 Å². The topological polar surface area (TPSA) is 54.5 Å². The van der Waals surface area contributed by atoms with E-state index in [-0.39, 0.29) is 29.1 Å². The summed E-state index contributed by atoms with van der Waals surface area (Å²) in [6.07, 6.45) is 5.36. The van der Waals surface area contributed by atoms with Crippen LogP contribution in [0.15, 0.2) is 71.3 Å². The SMILES string of the molecule is Cc1ccc(S(=O)(=O)N(Cc2ccccc2)C2=C[C@@H]3[C@H]4CC[C@H](C4)[C@@H]3C2=O)cc1. The van der Waals surface area contributed by atoms with Gasteiger partial charge in [-0.05, 0) is 61.6 Å². The van der Waals surface area contributed by atoms with Crippen molar-refractivity contribution >= 4 is 15.8 Å². The van der Waals surface area contributed by atoms with E-state index in [2.05, 4.69) is 0 Å². The third-order valence-corrected chi connectivity index (χ3v) is 8.71. The highest BCUT2D eigenvalue weighted by molar-refractivity contribution is 7.89. The van der Waals surface area contributed by atoms with Crippen molar-refractivity contribution in [3.63, 3.8) is 0 Å². The molecule has 29 heavy (non-hydrogen) atoms. The first-order valence-electron chi connectivity index (χ1n) is 10.3. The van der Waals surface area contributed by atoms with Crippen LogP contribution in [0.25, 0.3) is 0 Å². The van der Waals surface area contributed by atoms with Crippen molar-refractivity contribution < 1.29 is 13.2 Å². The molecule has 2 aromatic rings. The van der Waals surface area contributed by atoms with Gasteiger partial charge in [0, 0.05) is 5.92 Å². The van der Waals surface area contributed by atoms with Crippen LogP contribution in [-0.2, 0) is 21.4 Å². The van der Waals surface area contributed by atoms with Gasteiger partial charge in [-0.15, -0.1) is 0 Å². The first-order valence-corrected chi connectivity index (χ1v) is 11.8. The number of benzene rings is 2. The lowest BCUT2D eigenvalue weighted by Crippen LogP contribution is -2.34. The molecule has 4 nitrogen and oxygen atoms in total. The summed E-state index contributed by atoms with van der Waals surface area (Å²) in [6.45, 7) is 2.10. The Hall–Kier alpha value is -2.40. The fourth-order valence-electron chi connectivity index (χ4n) is 5.49. The Morgan fingerprint density at radius 3 is 2.34 bits per heavy atom. The van der Waals surface area contributed by atoms with E-state index in [1.807, 2.05) is 43.3 Å². The van der Waals surface area contributed by atoms with Gasteiger partial charge in [0.1, 0.15) is 0 Å². The van der Waals surface area contributed by atoms with Crippen LogP contribution in [0.2, 0.25) is 0 Å². The minimum Gasteiger partial charge on any atom is -0.292 e. The summed E-state index contributed by atoms with van der Waals surface area (Å²) in [7, 11) is -3.83. The number of ketones is 1. The van der Waals surface area contributed by atoms with E-state index in [0.717, 1.165) is 30.4 Å². The average Bonchev–Trinajstić information content (AvgIpc) is 3.41. The molecule has 5 heteroatoms. The summed E-state index contributed by atoms with van der Waals surface area (Å²) >= 11 is 0. The van der Waals surface area contributed by atoms with Gasteiger partial charge in [0.15, 0.2) is 5.78 Å². The van der Waals surface area contributed by atoms with Crippen molar-refractivity contribution in [3.8, 4) is 0 Å². The van der Waals surface area contributed by atoms with Gasteiger partial charge in [-0.3, -0.25) is 9.10 Å². The molecule has 0 amide bonds.